The third-order valence-corrected chi connectivity index (χ3v) is 1.68. The molecule has 1 rings (SSSR count). The van der Waals surface area contributed by atoms with E-state index in [0.717, 1.165) is 6.20 Å². The zero-order valence-electron chi connectivity index (χ0n) is 8.75. The number of primary amides is 1. The highest BCUT2D eigenvalue weighted by molar-refractivity contribution is 5.71. The number of anilines is 2. The summed E-state index contributed by atoms with van der Waals surface area (Å²) in [5.41, 5.74) is 4.86. The summed E-state index contributed by atoms with van der Waals surface area (Å²) in [5.74, 6) is -0.171. The minimum Gasteiger partial charge on any atom is -0.366 e. The Morgan fingerprint density at radius 3 is 2.94 bits per heavy atom. The number of rotatable bonds is 5. The number of nitrogens with one attached hydrogen (secondary N) is 3. The van der Waals surface area contributed by atoms with Crippen LogP contribution in [0.3, 0.4) is 0 Å². The average Bonchev–Trinajstić information content (AvgIpc) is 2.26. The lowest BCUT2D eigenvalue weighted by Gasteiger charge is -2.07. The van der Waals surface area contributed by atoms with Crippen molar-refractivity contribution in [1.29, 1.82) is 0 Å². The molecule has 0 radical (unpaired) electrons. The second kappa shape index (κ2) is 5.69. The number of nitrogens with two attached hydrogens (primary N) is 1. The SMILES string of the molecule is CNc1ncc(F)c(NCCNC(N)=O)n1. The Hall–Kier alpha value is -2.12. The van der Waals surface area contributed by atoms with Crippen LogP contribution in [0.5, 0.6) is 0 Å². The van der Waals surface area contributed by atoms with Gasteiger partial charge in [-0.15, -0.1) is 0 Å². The van der Waals surface area contributed by atoms with E-state index in [0.29, 0.717) is 12.5 Å². The maximum atomic E-state index is 13.2. The minimum atomic E-state index is -0.624. The molecule has 0 fully saturated rings. The number of carbonyl (C=O) groups is 1. The van der Waals surface area contributed by atoms with Gasteiger partial charge in [-0.3, -0.25) is 0 Å². The monoisotopic (exact) mass is 228 g/mol. The predicted molar refractivity (Wildman–Crippen MR) is 57.6 cm³/mol. The standard InChI is InChI=1S/C8H13FN6O/c1-11-8-14-4-5(9)6(15-8)12-2-3-13-7(10)16/h4H,2-3H2,1H3,(H3,10,13,16)(H2,11,12,14,15). The molecule has 0 bridgehead atoms. The van der Waals surface area contributed by atoms with E-state index in [1.807, 2.05) is 0 Å². The van der Waals surface area contributed by atoms with E-state index >= 15 is 0 Å². The van der Waals surface area contributed by atoms with Crippen molar-refractivity contribution in [3.63, 3.8) is 0 Å². The summed E-state index contributed by atoms with van der Waals surface area (Å²) in [6.07, 6.45) is 1.06. The van der Waals surface area contributed by atoms with Gasteiger partial charge in [-0.1, -0.05) is 0 Å². The number of hydrogen-bond donors (Lipinski definition) is 4. The van der Waals surface area contributed by atoms with Gasteiger partial charge >= 0.3 is 6.03 Å². The van der Waals surface area contributed by atoms with Crippen LogP contribution < -0.4 is 21.7 Å². The number of carbonyl (C=O) groups excluding carboxylic acids is 1. The number of urea groups is 1. The van der Waals surface area contributed by atoms with E-state index in [9.17, 15) is 9.18 Å². The van der Waals surface area contributed by atoms with Crippen molar-refractivity contribution in [2.75, 3.05) is 30.8 Å². The van der Waals surface area contributed by atoms with Gasteiger partial charge in [-0.25, -0.2) is 14.2 Å². The fourth-order valence-corrected chi connectivity index (χ4v) is 0.978. The van der Waals surface area contributed by atoms with Crippen molar-refractivity contribution in [1.82, 2.24) is 15.3 Å². The van der Waals surface area contributed by atoms with Gasteiger partial charge in [0.2, 0.25) is 5.95 Å². The number of aromatic nitrogens is 2. The minimum absolute atomic E-state index is 0.0746. The Morgan fingerprint density at radius 2 is 2.31 bits per heavy atom. The van der Waals surface area contributed by atoms with Crippen molar-refractivity contribution >= 4 is 17.8 Å². The topological polar surface area (TPSA) is 105 Å². The molecule has 88 valence electrons. The Kier molecular flexibility index (Phi) is 4.25. The Labute approximate surface area is 91.6 Å². The maximum absolute atomic E-state index is 13.2. The van der Waals surface area contributed by atoms with Crippen LogP contribution in [0, 0.1) is 5.82 Å². The first kappa shape index (κ1) is 12.0. The molecule has 0 aromatic carbocycles. The maximum Gasteiger partial charge on any atom is 0.312 e. The van der Waals surface area contributed by atoms with Crippen LogP contribution in [0.1, 0.15) is 0 Å². The largest absolute Gasteiger partial charge is 0.366 e. The first-order valence-corrected chi connectivity index (χ1v) is 4.61. The van der Waals surface area contributed by atoms with E-state index in [2.05, 4.69) is 25.9 Å². The van der Waals surface area contributed by atoms with Crippen LogP contribution in [0.25, 0.3) is 0 Å². The lowest BCUT2D eigenvalue weighted by molar-refractivity contribution is 0.249. The number of nitrogens with zero attached hydrogens (tertiary/aromatic N) is 2. The summed E-state index contributed by atoms with van der Waals surface area (Å²) in [7, 11) is 1.63. The predicted octanol–water partition coefficient (Wildman–Crippen LogP) is -0.262. The van der Waals surface area contributed by atoms with E-state index in [1.54, 1.807) is 7.05 Å². The third-order valence-electron chi connectivity index (χ3n) is 1.68. The fourth-order valence-electron chi connectivity index (χ4n) is 0.978. The van der Waals surface area contributed by atoms with Gasteiger partial charge in [0.05, 0.1) is 6.20 Å². The summed E-state index contributed by atoms with van der Waals surface area (Å²) in [4.78, 5) is 17.9. The molecule has 0 unspecified atom stereocenters. The number of amides is 2. The van der Waals surface area contributed by atoms with Gasteiger partial charge in [-0.2, -0.15) is 4.98 Å². The van der Waals surface area contributed by atoms with Gasteiger partial charge in [0.1, 0.15) is 0 Å². The Bertz CT molecular complexity index is 372. The first-order chi connectivity index (χ1) is 7.63. The Morgan fingerprint density at radius 1 is 1.56 bits per heavy atom. The first-order valence-electron chi connectivity index (χ1n) is 4.61. The van der Waals surface area contributed by atoms with Crippen molar-refractivity contribution in [3.05, 3.63) is 12.0 Å². The van der Waals surface area contributed by atoms with Crippen molar-refractivity contribution < 1.29 is 9.18 Å². The highest BCUT2D eigenvalue weighted by Gasteiger charge is 2.05. The summed E-state index contributed by atoms with van der Waals surface area (Å²) in [5, 5.41) is 7.75. The molecule has 0 aliphatic heterocycles. The van der Waals surface area contributed by atoms with Crippen molar-refractivity contribution in [2.45, 2.75) is 0 Å². The van der Waals surface area contributed by atoms with Gasteiger partial charge in [-0.05, 0) is 0 Å². The molecule has 0 atom stereocenters. The molecule has 7 nitrogen and oxygen atoms in total. The highest BCUT2D eigenvalue weighted by atomic mass is 19.1. The molecule has 0 saturated heterocycles. The van der Waals surface area contributed by atoms with Crippen LogP contribution >= 0.6 is 0 Å². The second-order valence-electron chi connectivity index (χ2n) is 2.86. The molecule has 1 aromatic rings. The fraction of sp³-hybridized carbons (Fsp3) is 0.375. The normalized spacial score (nSPS) is 9.62. The molecule has 2 amide bonds. The average molecular weight is 228 g/mol. The van der Waals surface area contributed by atoms with Gasteiger partial charge < -0.3 is 21.7 Å². The molecule has 16 heavy (non-hydrogen) atoms. The summed E-state index contributed by atoms with van der Waals surface area (Å²) in [6.45, 7) is 0.605. The van der Waals surface area contributed by atoms with E-state index < -0.39 is 11.8 Å². The van der Waals surface area contributed by atoms with Gasteiger partial charge in [0.25, 0.3) is 0 Å². The van der Waals surface area contributed by atoms with Gasteiger partial charge in [0, 0.05) is 20.1 Å². The second-order valence-corrected chi connectivity index (χ2v) is 2.86. The van der Waals surface area contributed by atoms with Crippen LogP contribution in [-0.2, 0) is 0 Å². The molecule has 0 saturated carbocycles. The quantitative estimate of drug-likeness (QED) is 0.519. The summed E-state index contributed by atoms with van der Waals surface area (Å²) < 4.78 is 13.2. The lowest BCUT2D eigenvalue weighted by Crippen LogP contribution is -2.33. The van der Waals surface area contributed by atoms with Crippen LogP contribution in [0.15, 0.2) is 6.20 Å². The van der Waals surface area contributed by atoms with Crippen LogP contribution in [-0.4, -0.2) is 36.1 Å². The van der Waals surface area contributed by atoms with Crippen LogP contribution in [0.4, 0.5) is 21.0 Å². The van der Waals surface area contributed by atoms with E-state index in [1.165, 1.54) is 0 Å². The highest BCUT2D eigenvalue weighted by Crippen LogP contribution is 2.10. The number of hydrogen-bond acceptors (Lipinski definition) is 5. The molecule has 1 aromatic heterocycles. The van der Waals surface area contributed by atoms with Crippen LogP contribution in [0.2, 0.25) is 0 Å². The van der Waals surface area contributed by atoms with Crippen molar-refractivity contribution in [3.8, 4) is 0 Å². The van der Waals surface area contributed by atoms with E-state index in [4.69, 9.17) is 5.73 Å². The molecule has 8 heteroatoms. The lowest BCUT2D eigenvalue weighted by atomic mass is 10.5. The smallest absolute Gasteiger partial charge is 0.312 e. The number of halogens is 1. The Balaban J connectivity index is 2.49. The zero-order chi connectivity index (χ0) is 12.0. The summed E-state index contributed by atoms with van der Waals surface area (Å²) in [6, 6.07) is -0.624. The zero-order valence-corrected chi connectivity index (χ0v) is 8.75. The van der Waals surface area contributed by atoms with Crippen molar-refractivity contribution in [2.24, 2.45) is 5.73 Å². The molecule has 0 aliphatic carbocycles. The molecule has 5 N–H and O–H groups in total. The van der Waals surface area contributed by atoms with E-state index in [-0.39, 0.29) is 12.4 Å². The summed E-state index contributed by atoms with van der Waals surface area (Å²) >= 11 is 0. The molecule has 0 aliphatic rings. The molecular formula is C8H13FN6O. The van der Waals surface area contributed by atoms with Gasteiger partial charge in [0.15, 0.2) is 11.6 Å². The molecule has 0 spiro atoms. The third kappa shape index (κ3) is 3.56. The molecule has 1 heterocycles. The molecular weight excluding hydrogens is 215 g/mol.